The first-order valence-electron chi connectivity index (χ1n) is 12.4. The van der Waals surface area contributed by atoms with Crippen molar-refractivity contribution in [3.05, 3.63) is 93.9 Å². The highest BCUT2D eigenvalue weighted by atomic mass is 32.2. The molecule has 1 aromatic heterocycles. The van der Waals surface area contributed by atoms with Crippen LogP contribution in [-0.2, 0) is 32.6 Å². The average molecular weight is 633 g/mol. The van der Waals surface area contributed by atoms with E-state index in [4.69, 9.17) is 6.57 Å². The molecule has 1 aliphatic rings. The molecule has 0 unspecified atom stereocenters. The van der Waals surface area contributed by atoms with Crippen molar-refractivity contribution in [1.82, 2.24) is 14.1 Å². The number of urea groups is 1. The number of nitrogens with zero attached hydrogens (tertiary/aromatic N) is 6. The number of rotatable bonds is 6. The lowest BCUT2D eigenvalue weighted by Crippen LogP contribution is -2.52. The van der Waals surface area contributed by atoms with Gasteiger partial charge in [0.05, 0.1) is 40.6 Å². The van der Waals surface area contributed by atoms with E-state index in [-0.39, 0.29) is 39.1 Å². The van der Waals surface area contributed by atoms with Gasteiger partial charge in [0.1, 0.15) is 10.9 Å². The number of benzene rings is 2. The molecule has 16 heteroatoms. The SMILES string of the molecule is [C-]#[N+]C1=C(C)N(c2cccc(C(F)(F)F)c2)C(=O)N(S(=O)(=O)c2cnn(CC)c2C)[C@@H]1c1ccc(C#N)cc1S(C)(=O)=O. The van der Waals surface area contributed by atoms with Gasteiger partial charge in [0, 0.05) is 24.2 Å². The van der Waals surface area contributed by atoms with Gasteiger partial charge in [0.25, 0.3) is 10.0 Å². The standard InChI is InChI=1S/C27H23F3N6O5S2/c1-6-34-16(2)23(15-33-34)43(40,41)36-25(21-11-10-18(14-31)12-22(21)42(5,38)39)24(32-4)17(3)35(26(36)37)20-9-7-8-19(13-20)27(28,29)30/h7-13,15,25H,6H2,1-3,5H3/t25-/m1/s1. The highest BCUT2D eigenvalue weighted by Crippen LogP contribution is 2.45. The van der Waals surface area contributed by atoms with E-state index in [1.54, 1.807) is 13.0 Å². The number of carbonyl (C=O) groups is 1. The molecule has 0 bridgehead atoms. The number of aryl methyl sites for hydroxylation is 1. The van der Waals surface area contributed by atoms with Crippen molar-refractivity contribution in [3.63, 3.8) is 0 Å². The Balaban J connectivity index is 2.13. The predicted molar refractivity (Wildman–Crippen MR) is 147 cm³/mol. The van der Waals surface area contributed by atoms with E-state index >= 15 is 0 Å². The first-order valence-corrected chi connectivity index (χ1v) is 15.7. The van der Waals surface area contributed by atoms with Gasteiger partial charge in [-0.25, -0.2) is 30.8 Å². The highest BCUT2D eigenvalue weighted by Gasteiger charge is 2.49. The van der Waals surface area contributed by atoms with Crippen LogP contribution in [0, 0.1) is 24.8 Å². The van der Waals surface area contributed by atoms with E-state index in [0.29, 0.717) is 11.0 Å². The van der Waals surface area contributed by atoms with Crippen molar-refractivity contribution in [3.8, 4) is 6.07 Å². The maximum Gasteiger partial charge on any atom is 0.416 e. The van der Waals surface area contributed by atoms with E-state index in [0.717, 1.165) is 42.8 Å². The number of anilines is 1. The van der Waals surface area contributed by atoms with E-state index in [1.165, 1.54) is 24.6 Å². The Bertz CT molecular complexity index is 1990. The number of carbonyl (C=O) groups excluding carboxylic acids is 1. The molecule has 43 heavy (non-hydrogen) atoms. The maximum atomic E-state index is 14.3. The number of sulfone groups is 1. The Morgan fingerprint density at radius 1 is 1.09 bits per heavy atom. The van der Waals surface area contributed by atoms with Gasteiger partial charge >= 0.3 is 12.2 Å². The van der Waals surface area contributed by atoms with Gasteiger partial charge in [-0.1, -0.05) is 12.1 Å². The van der Waals surface area contributed by atoms with E-state index in [2.05, 4.69) is 9.94 Å². The van der Waals surface area contributed by atoms with Gasteiger partial charge in [-0.2, -0.15) is 23.5 Å². The summed E-state index contributed by atoms with van der Waals surface area (Å²) in [6.45, 7) is 12.6. The molecule has 1 atom stereocenters. The molecule has 0 fully saturated rings. The summed E-state index contributed by atoms with van der Waals surface area (Å²) in [6.07, 6.45) is -3.00. The first-order chi connectivity index (χ1) is 20.0. The summed E-state index contributed by atoms with van der Waals surface area (Å²) in [5, 5.41) is 13.4. The Morgan fingerprint density at radius 2 is 1.77 bits per heavy atom. The van der Waals surface area contributed by atoms with E-state index in [9.17, 15) is 40.1 Å². The molecule has 3 aromatic rings. The van der Waals surface area contributed by atoms with Crippen LogP contribution in [-0.4, -0.2) is 43.2 Å². The first kappa shape index (κ1) is 31.3. The van der Waals surface area contributed by atoms with Crippen LogP contribution >= 0.6 is 0 Å². The molecule has 2 aromatic carbocycles. The summed E-state index contributed by atoms with van der Waals surface area (Å²) < 4.78 is 96.7. The Hall–Kier alpha value is -4.67. The highest BCUT2D eigenvalue weighted by molar-refractivity contribution is 7.91. The molecular formula is C27H23F3N6O5S2. The van der Waals surface area contributed by atoms with Gasteiger partial charge in [0.2, 0.25) is 5.70 Å². The zero-order chi connectivity index (χ0) is 32.1. The predicted octanol–water partition coefficient (Wildman–Crippen LogP) is 5.03. The monoisotopic (exact) mass is 632 g/mol. The van der Waals surface area contributed by atoms with Crippen LogP contribution in [0.1, 0.15) is 42.3 Å². The number of sulfonamides is 1. The second kappa shape index (κ2) is 10.9. The van der Waals surface area contributed by atoms with Gasteiger partial charge in [-0.3, -0.25) is 9.58 Å². The van der Waals surface area contributed by atoms with Gasteiger partial charge in [-0.15, -0.1) is 0 Å². The Labute approximate surface area is 245 Å². The molecule has 0 saturated heterocycles. The number of aromatic nitrogens is 2. The summed E-state index contributed by atoms with van der Waals surface area (Å²) in [5.74, 6) is 0. The summed E-state index contributed by atoms with van der Waals surface area (Å²) >= 11 is 0. The molecule has 2 amide bonds. The fourth-order valence-corrected chi connectivity index (χ4v) is 7.41. The van der Waals surface area contributed by atoms with Crippen molar-refractivity contribution >= 4 is 31.6 Å². The van der Waals surface area contributed by atoms with Crippen LogP contribution in [0.25, 0.3) is 4.85 Å². The Morgan fingerprint density at radius 3 is 2.30 bits per heavy atom. The summed E-state index contributed by atoms with van der Waals surface area (Å²) in [6, 6.07) is 5.48. The minimum absolute atomic E-state index is 0.0866. The van der Waals surface area contributed by atoms with Crippen LogP contribution in [0.4, 0.5) is 23.7 Å². The second-order valence-corrected chi connectivity index (χ2v) is 13.3. The van der Waals surface area contributed by atoms with Gasteiger partial charge in [-0.05, 0) is 56.7 Å². The molecule has 0 radical (unpaired) electrons. The minimum Gasteiger partial charge on any atom is -0.277 e. The smallest absolute Gasteiger partial charge is 0.277 e. The quantitative estimate of drug-likeness (QED) is 0.348. The average Bonchev–Trinajstić information content (AvgIpc) is 3.32. The maximum absolute atomic E-state index is 14.3. The second-order valence-electron chi connectivity index (χ2n) is 9.50. The van der Waals surface area contributed by atoms with Crippen molar-refractivity contribution in [2.24, 2.45) is 0 Å². The number of allylic oxidation sites excluding steroid dienone is 1. The summed E-state index contributed by atoms with van der Waals surface area (Å²) in [5.41, 5.74) is -2.43. The molecule has 0 saturated carbocycles. The molecule has 4 rings (SSSR count). The molecular weight excluding hydrogens is 609 g/mol. The normalized spacial score (nSPS) is 16.3. The molecule has 0 spiro atoms. The zero-order valence-electron chi connectivity index (χ0n) is 23.1. The van der Waals surface area contributed by atoms with E-state index < -0.39 is 59.2 Å². The molecule has 2 heterocycles. The third-order valence-corrected chi connectivity index (χ3v) is 9.86. The summed E-state index contributed by atoms with van der Waals surface area (Å²) in [4.78, 5) is 17.4. The lowest BCUT2D eigenvalue weighted by atomic mass is 9.98. The fourth-order valence-electron chi connectivity index (χ4n) is 4.82. The largest absolute Gasteiger partial charge is 0.416 e. The van der Waals surface area contributed by atoms with Crippen LogP contribution < -0.4 is 4.90 Å². The number of hydrogen-bond acceptors (Lipinski definition) is 7. The van der Waals surface area contributed by atoms with Gasteiger partial charge < -0.3 is 0 Å². The molecule has 224 valence electrons. The van der Waals surface area contributed by atoms with Crippen molar-refractivity contribution in [2.45, 2.75) is 49.3 Å². The lowest BCUT2D eigenvalue weighted by molar-refractivity contribution is -0.137. The third kappa shape index (κ3) is 5.35. The third-order valence-electron chi connectivity index (χ3n) is 6.86. The van der Waals surface area contributed by atoms with Crippen molar-refractivity contribution < 1.29 is 34.8 Å². The zero-order valence-corrected chi connectivity index (χ0v) is 24.7. The Kier molecular flexibility index (Phi) is 7.90. The number of amides is 2. The number of nitriles is 1. The van der Waals surface area contributed by atoms with Crippen molar-refractivity contribution in [2.75, 3.05) is 11.2 Å². The van der Waals surface area contributed by atoms with Gasteiger partial charge in [0.15, 0.2) is 9.84 Å². The minimum atomic E-state index is -4.95. The molecule has 11 nitrogen and oxygen atoms in total. The van der Waals surface area contributed by atoms with Crippen LogP contribution in [0.2, 0.25) is 0 Å². The number of hydrogen-bond donors (Lipinski definition) is 0. The lowest BCUT2D eigenvalue weighted by Gasteiger charge is -2.41. The van der Waals surface area contributed by atoms with Crippen LogP contribution in [0.5, 0.6) is 0 Å². The number of halogens is 3. The topological polar surface area (TPSA) is 138 Å². The molecule has 0 aliphatic carbocycles. The summed E-state index contributed by atoms with van der Waals surface area (Å²) in [7, 11) is -9.13. The van der Waals surface area contributed by atoms with Crippen LogP contribution in [0.3, 0.4) is 0 Å². The fraction of sp³-hybridized carbons (Fsp3) is 0.259. The van der Waals surface area contributed by atoms with Crippen LogP contribution in [0.15, 0.2) is 69.8 Å². The molecule has 1 aliphatic heterocycles. The van der Waals surface area contributed by atoms with Crippen molar-refractivity contribution in [1.29, 1.82) is 5.26 Å². The number of alkyl halides is 3. The van der Waals surface area contributed by atoms with E-state index in [1.807, 2.05) is 0 Å². The molecule has 0 N–H and O–H groups in total.